The second kappa shape index (κ2) is 7.95. The fraction of sp³-hybridized carbons (Fsp3) is 0.250. The molecule has 30 heavy (non-hydrogen) atoms. The zero-order chi connectivity index (χ0) is 20.5. The lowest BCUT2D eigenvalue weighted by molar-refractivity contribution is -0.119. The zero-order valence-corrected chi connectivity index (χ0v) is 17.7. The van der Waals surface area contributed by atoms with E-state index in [1.54, 1.807) is 11.3 Å². The van der Waals surface area contributed by atoms with Crippen molar-refractivity contribution in [1.82, 2.24) is 9.97 Å². The van der Waals surface area contributed by atoms with Crippen molar-refractivity contribution in [1.29, 1.82) is 0 Å². The number of carbonyl (C=O) groups is 1. The van der Waals surface area contributed by atoms with Crippen LogP contribution >= 0.6 is 11.3 Å². The smallest absolute Gasteiger partial charge is 0.226 e. The monoisotopic (exact) mass is 417 g/mol. The van der Waals surface area contributed by atoms with Crippen molar-refractivity contribution in [3.63, 3.8) is 0 Å². The van der Waals surface area contributed by atoms with Crippen molar-refractivity contribution in [2.24, 2.45) is 0 Å². The fourth-order valence-corrected chi connectivity index (χ4v) is 4.61. The van der Waals surface area contributed by atoms with Gasteiger partial charge < -0.3 is 14.6 Å². The van der Waals surface area contributed by atoms with Gasteiger partial charge >= 0.3 is 0 Å². The Morgan fingerprint density at radius 1 is 1.10 bits per heavy atom. The third-order valence-electron chi connectivity index (χ3n) is 5.40. The number of aromatic nitrogens is 2. The molecule has 0 spiro atoms. The van der Waals surface area contributed by atoms with Gasteiger partial charge in [-0.1, -0.05) is 6.07 Å². The van der Waals surface area contributed by atoms with Crippen LogP contribution in [0, 0.1) is 6.92 Å². The van der Waals surface area contributed by atoms with Crippen molar-refractivity contribution in [2.75, 3.05) is 11.4 Å². The van der Waals surface area contributed by atoms with Gasteiger partial charge in [-0.25, -0.2) is 4.98 Å². The van der Waals surface area contributed by atoms with Gasteiger partial charge in [0, 0.05) is 23.5 Å². The molecule has 1 aliphatic heterocycles. The third kappa shape index (κ3) is 3.83. The van der Waals surface area contributed by atoms with Crippen LogP contribution in [0.5, 0.6) is 5.75 Å². The molecule has 3 heterocycles. The highest BCUT2D eigenvalue weighted by Crippen LogP contribution is 2.28. The summed E-state index contributed by atoms with van der Waals surface area (Å²) in [6.07, 6.45) is 2.70. The van der Waals surface area contributed by atoms with Crippen LogP contribution < -0.4 is 9.64 Å². The standard InChI is InChI=1S/C24H23N3O2S/c1-16-5-12-22(30-16)24-25-20-11-6-17(14-21(20)26-24)15-29-19-9-7-18(8-10-19)27-13-3-2-4-23(27)28/h5-12,14H,2-4,13,15H2,1H3,(H,25,26). The molecule has 5 nitrogen and oxygen atoms in total. The first-order chi connectivity index (χ1) is 14.7. The van der Waals surface area contributed by atoms with Gasteiger partial charge in [0.25, 0.3) is 0 Å². The van der Waals surface area contributed by atoms with Crippen molar-refractivity contribution < 1.29 is 9.53 Å². The number of thiophene rings is 1. The topological polar surface area (TPSA) is 58.2 Å². The van der Waals surface area contributed by atoms with E-state index >= 15 is 0 Å². The van der Waals surface area contributed by atoms with E-state index in [4.69, 9.17) is 9.72 Å². The number of rotatable bonds is 5. The largest absolute Gasteiger partial charge is 0.489 e. The van der Waals surface area contributed by atoms with E-state index < -0.39 is 0 Å². The molecule has 152 valence electrons. The fourth-order valence-electron chi connectivity index (χ4n) is 3.79. The van der Waals surface area contributed by atoms with Gasteiger partial charge in [-0.05, 0) is 73.9 Å². The van der Waals surface area contributed by atoms with E-state index in [9.17, 15) is 4.79 Å². The van der Waals surface area contributed by atoms with Gasteiger partial charge in [0.2, 0.25) is 5.91 Å². The maximum atomic E-state index is 12.1. The van der Waals surface area contributed by atoms with Crippen LogP contribution in [0.25, 0.3) is 21.7 Å². The summed E-state index contributed by atoms with van der Waals surface area (Å²) in [5, 5.41) is 0. The molecule has 4 aromatic rings. The number of imidazole rings is 1. The van der Waals surface area contributed by atoms with E-state index in [2.05, 4.69) is 30.1 Å². The number of amides is 1. The summed E-state index contributed by atoms with van der Waals surface area (Å²) in [4.78, 5) is 24.5. The Hall–Kier alpha value is -3.12. The molecule has 0 radical (unpaired) electrons. The summed E-state index contributed by atoms with van der Waals surface area (Å²) in [6, 6.07) is 18.2. The number of hydrogen-bond acceptors (Lipinski definition) is 4. The number of piperidine rings is 1. The minimum Gasteiger partial charge on any atom is -0.489 e. The molecule has 0 unspecified atom stereocenters. The Kier molecular flexibility index (Phi) is 5.01. The molecule has 0 bridgehead atoms. The molecule has 5 rings (SSSR count). The lowest BCUT2D eigenvalue weighted by Gasteiger charge is -2.26. The minimum absolute atomic E-state index is 0.208. The quantitative estimate of drug-likeness (QED) is 0.453. The first kappa shape index (κ1) is 18.9. The number of fused-ring (bicyclic) bond motifs is 1. The van der Waals surface area contributed by atoms with Crippen LogP contribution in [0.2, 0.25) is 0 Å². The molecule has 2 aromatic carbocycles. The van der Waals surface area contributed by atoms with E-state index in [-0.39, 0.29) is 5.91 Å². The Labute approximate surface area is 179 Å². The minimum atomic E-state index is 0.208. The second-order valence-electron chi connectivity index (χ2n) is 7.63. The number of benzene rings is 2. The predicted octanol–water partition coefficient (Wildman–Crippen LogP) is 5.70. The van der Waals surface area contributed by atoms with E-state index in [0.717, 1.165) is 58.1 Å². The summed E-state index contributed by atoms with van der Waals surface area (Å²) >= 11 is 1.74. The van der Waals surface area contributed by atoms with E-state index in [0.29, 0.717) is 13.0 Å². The van der Waals surface area contributed by atoms with Gasteiger partial charge in [0.15, 0.2) is 0 Å². The maximum Gasteiger partial charge on any atom is 0.226 e. The molecular weight excluding hydrogens is 394 g/mol. The molecule has 1 N–H and O–H groups in total. The molecule has 0 saturated carbocycles. The van der Waals surface area contributed by atoms with E-state index in [1.165, 1.54) is 4.88 Å². The van der Waals surface area contributed by atoms with Gasteiger partial charge in [-0.3, -0.25) is 4.79 Å². The summed E-state index contributed by atoms with van der Waals surface area (Å²) in [5.41, 5.74) is 3.99. The molecule has 1 aliphatic rings. The molecular formula is C24H23N3O2S. The Bertz CT molecular complexity index is 1190. The molecule has 6 heteroatoms. The van der Waals surface area contributed by atoms with Crippen LogP contribution in [0.1, 0.15) is 29.7 Å². The lowest BCUT2D eigenvalue weighted by Crippen LogP contribution is -2.35. The Balaban J connectivity index is 1.27. The van der Waals surface area contributed by atoms with Crippen LogP contribution in [0.4, 0.5) is 5.69 Å². The number of ether oxygens (including phenoxy) is 1. The number of carbonyl (C=O) groups excluding carboxylic acids is 1. The summed E-state index contributed by atoms with van der Waals surface area (Å²) in [5.74, 6) is 1.91. The van der Waals surface area contributed by atoms with Crippen molar-refractivity contribution in [3.05, 3.63) is 65.0 Å². The summed E-state index contributed by atoms with van der Waals surface area (Å²) in [6.45, 7) is 3.38. The Morgan fingerprint density at radius 2 is 1.97 bits per heavy atom. The highest BCUT2D eigenvalue weighted by atomic mass is 32.1. The van der Waals surface area contributed by atoms with E-state index in [1.807, 2.05) is 41.3 Å². The average Bonchev–Trinajstić information content (AvgIpc) is 3.38. The van der Waals surface area contributed by atoms with Gasteiger partial charge in [0.1, 0.15) is 18.2 Å². The summed E-state index contributed by atoms with van der Waals surface area (Å²) < 4.78 is 5.97. The molecule has 0 atom stereocenters. The highest BCUT2D eigenvalue weighted by molar-refractivity contribution is 7.15. The van der Waals surface area contributed by atoms with Crippen LogP contribution in [0.3, 0.4) is 0 Å². The summed E-state index contributed by atoms with van der Waals surface area (Å²) in [7, 11) is 0. The third-order valence-corrected chi connectivity index (χ3v) is 6.40. The first-order valence-electron chi connectivity index (χ1n) is 10.2. The van der Waals surface area contributed by atoms with Gasteiger partial charge in [-0.15, -0.1) is 11.3 Å². The first-order valence-corrected chi connectivity index (χ1v) is 11.1. The average molecular weight is 418 g/mol. The molecule has 1 fully saturated rings. The number of aromatic amines is 1. The van der Waals surface area contributed by atoms with Crippen molar-refractivity contribution in [2.45, 2.75) is 32.8 Å². The van der Waals surface area contributed by atoms with Crippen LogP contribution in [0.15, 0.2) is 54.6 Å². The number of nitrogens with one attached hydrogen (secondary N) is 1. The normalized spacial score (nSPS) is 14.4. The van der Waals surface area contributed by atoms with Crippen molar-refractivity contribution in [3.8, 4) is 16.5 Å². The number of anilines is 1. The predicted molar refractivity (Wildman–Crippen MR) is 121 cm³/mol. The van der Waals surface area contributed by atoms with Gasteiger partial charge in [-0.2, -0.15) is 0 Å². The lowest BCUT2D eigenvalue weighted by atomic mass is 10.1. The van der Waals surface area contributed by atoms with Crippen LogP contribution in [-0.2, 0) is 11.4 Å². The molecule has 1 saturated heterocycles. The molecule has 0 aliphatic carbocycles. The van der Waals surface area contributed by atoms with Crippen molar-refractivity contribution >= 4 is 34.0 Å². The number of H-pyrrole nitrogens is 1. The molecule has 1 amide bonds. The molecule has 2 aromatic heterocycles. The SMILES string of the molecule is Cc1ccc(-c2nc3ccc(COc4ccc(N5CCCCC5=O)cc4)cc3[nH]2)s1. The Morgan fingerprint density at radius 3 is 2.73 bits per heavy atom. The zero-order valence-electron chi connectivity index (χ0n) is 16.9. The maximum absolute atomic E-state index is 12.1. The number of nitrogens with zero attached hydrogens (tertiary/aromatic N) is 2. The number of hydrogen-bond donors (Lipinski definition) is 1. The second-order valence-corrected chi connectivity index (χ2v) is 8.92. The van der Waals surface area contributed by atoms with Gasteiger partial charge in [0.05, 0.1) is 15.9 Å². The number of aryl methyl sites for hydroxylation is 1. The van der Waals surface area contributed by atoms with Crippen LogP contribution in [-0.4, -0.2) is 22.4 Å². The highest BCUT2D eigenvalue weighted by Gasteiger charge is 2.19.